The minimum absolute atomic E-state index is 0.189. The molecule has 2 rings (SSSR count). The first-order valence-electron chi connectivity index (χ1n) is 5.70. The number of nitrogens with zero attached hydrogens (tertiary/aromatic N) is 1. The van der Waals surface area contributed by atoms with Gasteiger partial charge in [-0.1, -0.05) is 0 Å². The van der Waals surface area contributed by atoms with Crippen molar-refractivity contribution in [3.05, 3.63) is 35.8 Å². The van der Waals surface area contributed by atoms with Crippen molar-refractivity contribution in [3.8, 4) is 0 Å². The summed E-state index contributed by atoms with van der Waals surface area (Å²) in [7, 11) is 1.71. The molecule has 1 heterocycles. The number of hydrogen-bond acceptors (Lipinski definition) is 2. The molecule has 1 aromatic carbocycles. The number of hydrogen-bond donors (Lipinski definition) is 2. The van der Waals surface area contributed by atoms with Crippen LogP contribution in [0, 0.1) is 5.82 Å². The molecule has 0 aliphatic heterocycles. The Bertz CT molecular complexity index is 590. The van der Waals surface area contributed by atoms with Crippen molar-refractivity contribution in [2.75, 3.05) is 6.54 Å². The van der Waals surface area contributed by atoms with Gasteiger partial charge in [-0.25, -0.2) is 4.39 Å². The minimum atomic E-state index is -0.596. The second kappa shape index (κ2) is 4.78. The van der Waals surface area contributed by atoms with Gasteiger partial charge in [-0.3, -0.25) is 4.79 Å². The van der Waals surface area contributed by atoms with Crippen LogP contribution >= 0.6 is 0 Å². The molecule has 0 saturated carbocycles. The molecule has 0 aliphatic rings. The van der Waals surface area contributed by atoms with E-state index in [1.807, 2.05) is 0 Å². The molecule has 1 amide bonds. The van der Waals surface area contributed by atoms with E-state index in [-0.39, 0.29) is 18.3 Å². The van der Waals surface area contributed by atoms with E-state index in [0.717, 1.165) is 5.39 Å². The van der Waals surface area contributed by atoms with Crippen molar-refractivity contribution in [2.45, 2.75) is 13.0 Å². The van der Waals surface area contributed by atoms with Gasteiger partial charge in [0.05, 0.1) is 11.6 Å². The van der Waals surface area contributed by atoms with E-state index in [4.69, 9.17) is 5.11 Å². The Hall–Kier alpha value is -1.88. The Balaban J connectivity index is 2.34. The highest BCUT2D eigenvalue weighted by molar-refractivity contribution is 5.98. The van der Waals surface area contributed by atoms with E-state index in [1.54, 1.807) is 30.7 Å². The quantitative estimate of drug-likeness (QED) is 0.865. The second-order valence-electron chi connectivity index (χ2n) is 4.35. The van der Waals surface area contributed by atoms with Gasteiger partial charge in [0.2, 0.25) is 0 Å². The Morgan fingerprint density at radius 3 is 2.89 bits per heavy atom. The lowest BCUT2D eigenvalue weighted by molar-refractivity contribution is 0.0916. The standard InChI is InChI=1S/C13H15FN2O2/c1-8(17)7-15-13(18)12-5-9-3-4-10(14)6-11(9)16(12)2/h3-6,8,17H,7H2,1-2H3,(H,15,18). The highest BCUT2D eigenvalue weighted by atomic mass is 19.1. The van der Waals surface area contributed by atoms with Crippen molar-refractivity contribution in [1.29, 1.82) is 0 Å². The first kappa shape index (κ1) is 12.6. The van der Waals surface area contributed by atoms with Crippen LogP contribution in [0.1, 0.15) is 17.4 Å². The van der Waals surface area contributed by atoms with E-state index in [2.05, 4.69) is 5.32 Å². The van der Waals surface area contributed by atoms with Crippen LogP contribution in [0.3, 0.4) is 0 Å². The van der Waals surface area contributed by atoms with Crippen LogP contribution in [0.5, 0.6) is 0 Å². The number of halogens is 1. The number of aromatic nitrogens is 1. The van der Waals surface area contributed by atoms with Gasteiger partial charge in [0.25, 0.3) is 5.91 Å². The van der Waals surface area contributed by atoms with Gasteiger partial charge in [-0.2, -0.15) is 0 Å². The molecule has 1 atom stereocenters. The molecule has 1 aromatic heterocycles. The van der Waals surface area contributed by atoms with Gasteiger partial charge in [-0.05, 0) is 31.2 Å². The summed E-state index contributed by atoms with van der Waals surface area (Å²) >= 11 is 0. The van der Waals surface area contributed by atoms with Crippen molar-refractivity contribution in [3.63, 3.8) is 0 Å². The highest BCUT2D eigenvalue weighted by Gasteiger charge is 2.13. The molecule has 2 N–H and O–H groups in total. The topological polar surface area (TPSA) is 54.3 Å². The molecular weight excluding hydrogens is 235 g/mol. The monoisotopic (exact) mass is 250 g/mol. The number of aliphatic hydroxyl groups excluding tert-OH is 1. The summed E-state index contributed by atoms with van der Waals surface area (Å²) in [5.41, 5.74) is 1.11. The summed E-state index contributed by atoms with van der Waals surface area (Å²) < 4.78 is 14.8. The first-order valence-corrected chi connectivity index (χ1v) is 5.70. The van der Waals surface area contributed by atoms with E-state index in [9.17, 15) is 9.18 Å². The number of fused-ring (bicyclic) bond motifs is 1. The number of aryl methyl sites for hydroxylation is 1. The largest absolute Gasteiger partial charge is 0.392 e. The number of carbonyl (C=O) groups is 1. The Morgan fingerprint density at radius 1 is 1.50 bits per heavy atom. The lowest BCUT2D eigenvalue weighted by Crippen LogP contribution is -2.31. The summed E-state index contributed by atoms with van der Waals surface area (Å²) in [5, 5.41) is 12.5. The number of amides is 1. The van der Waals surface area contributed by atoms with Crippen LogP contribution in [-0.4, -0.2) is 28.2 Å². The second-order valence-corrected chi connectivity index (χ2v) is 4.35. The summed E-state index contributed by atoms with van der Waals surface area (Å²) in [5.74, 6) is -0.616. The third-order valence-corrected chi connectivity index (χ3v) is 2.80. The number of rotatable bonds is 3. The maximum Gasteiger partial charge on any atom is 0.268 e. The minimum Gasteiger partial charge on any atom is -0.392 e. The Morgan fingerprint density at radius 2 is 2.22 bits per heavy atom. The van der Waals surface area contributed by atoms with Gasteiger partial charge in [0.15, 0.2) is 0 Å². The fourth-order valence-electron chi connectivity index (χ4n) is 1.85. The average Bonchev–Trinajstić information content (AvgIpc) is 2.64. The molecule has 0 saturated heterocycles. The van der Waals surface area contributed by atoms with Gasteiger partial charge in [0, 0.05) is 19.0 Å². The zero-order chi connectivity index (χ0) is 13.3. The third-order valence-electron chi connectivity index (χ3n) is 2.80. The van der Waals surface area contributed by atoms with Crippen LogP contribution < -0.4 is 5.32 Å². The van der Waals surface area contributed by atoms with Crippen molar-refractivity contribution in [2.24, 2.45) is 7.05 Å². The fraction of sp³-hybridized carbons (Fsp3) is 0.308. The Kier molecular flexibility index (Phi) is 3.34. The van der Waals surface area contributed by atoms with E-state index >= 15 is 0 Å². The molecule has 0 spiro atoms. The number of aliphatic hydroxyl groups is 1. The zero-order valence-corrected chi connectivity index (χ0v) is 10.3. The molecule has 4 nitrogen and oxygen atoms in total. The maximum absolute atomic E-state index is 13.1. The predicted molar refractivity (Wildman–Crippen MR) is 66.9 cm³/mol. The lowest BCUT2D eigenvalue weighted by Gasteiger charge is -2.07. The van der Waals surface area contributed by atoms with E-state index in [0.29, 0.717) is 11.2 Å². The molecular formula is C13H15FN2O2. The van der Waals surface area contributed by atoms with Crippen LogP contribution in [0.4, 0.5) is 4.39 Å². The number of benzene rings is 1. The van der Waals surface area contributed by atoms with Crippen molar-refractivity contribution < 1.29 is 14.3 Å². The summed E-state index contributed by atoms with van der Waals surface area (Å²) in [4.78, 5) is 11.9. The molecule has 2 aromatic rings. The van der Waals surface area contributed by atoms with Gasteiger partial charge < -0.3 is 15.0 Å². The SMILES string of the molecule is CC(O)CNC(=O)c1cc2ccc(F)cc2n1C. The maximum atomic E-state index is 13.1. The number of carbonyl (C=O) groups excluding carboxylic acids is 1. The van der Waals surface area contributed by atoms with Gasteiger partial charge >= 0.3 is 0 Å². The van der Waals surface area contributed by atoms with Crippen LogP contribution in [0.15, 0.2) is 24.3 Å². The predicted octanol–water partition coefficient (Wildman–Crippen LogP) is 1.43. The third kappa shape index (κ3) is 2.36. The summed E-state index contributed by atoms with van der Waals surface area (Å²) in [6.07, 6.45) is -0.596. The zero-order valence-electron chi connectivity index (χ0n) is 10.3. The molecule has 0 aliphatic carbocycles. The van der Waals surface area contributed by atoms with Crippen LogP contribution in [0.25, 0.3) is 10.9 Å². The van der Waals surface area contributed by atoms with Gasteiger partial charge in [-0.15, -0.1) is 0 Å². The molecule has 0 radical (unpaired) electrons. The Labute approximate surface area is 104 Å². The van der Waals surface area contributed by atoms with Gasteiger partial charge in [0.1, 0.15) is 11.5 Å². The molecule has 96 valence electrons. The van der Waals surface area contributed by atoms with Crippen LogP contribution in [0.2, 0.25) is 0 Å². The van der Waals surface area contributed by atoms with E-state index < -0.39 is 6.10 Å². The summed E-state index contributed by atoms with van der Waals surface area (Å²) in [6, 6.07) is 6.09. The molecule has 0 fully saturated rings. The normalized spacial score (nSPS) is 12.7. The first-order chi connectivity index (χ1) is 8.49. The van der Waals surface area contributed by atoms with E-state index in [1.165, 1.54) is 12.1 Å². The lowest BCUT2D eigenvalue weighted by atomic mass is 10.2. The van der Waals surface area contributed by atoms with Crippen LogP contribution in [-0.2, 0) is 7.05 Å². The molecule has 18 heavy (non-hydrogen) atoms. The average molecular weight is 250 g/mol. The fourth-order valence-corrected chi connectivity index (χ4v) is 1.85. The highest BCUT2D eigenvalue weighted by Crippen LogP contribution is 2.19. The van der Waals surface area contributed by atoms with Crippen molar-refractivity contribution >= 4 is 16.8 Å². The number of nitrogens with one attached hydrogen (secondary N) is 1. The smallest absolute Gasteiger partial charge is 0.268 e. The summed E-state index contributed by atoms with van der Waals surface area (Å²) in [6.45, 7) is 1.78. The molecule has 0 bridgehead atoms. The van der Waals surface area contributed by atoms with Crippen molar-refractivity contribution in [1.82, 2.24) is 9.88 Å². The molecule has 1 unspecified atom stereocenters. The molecule has 5 heteroatoms.